The van der Waals surface area contributed by atoms with E-state index in [4.69, 9.17) is 11.6 Å². The number of nitrogens with one attached hydrogen (secondary N) is 1. The van der Waals surface area contributed by atoms with E-state index >= 15 is 0 Å². The molecule has 0 spiro atoms. The van der Waals surface area contributed by atoms with Crippen LogP contribution < -0.4 is 10.2 Å². The molecule has 16 heavy (non-hydrogen) atoms. The highest BCUT2D eigenvalue weighted by molar-refractivity contribution is 6.33. The predicted molar refractivity (Wildman–Crippen MR) is 70.3 cm³/mol. The lowest BCUT2D eigenvalue weighted by Crippen LogP contribution is -2.26. The Morgan fingerprint density at radius 1 is 1.44 bits per heavy atom. The molecule has 1 aliphatic heterocycles. The second-order valence-electron chi connectivity index (χ2n) is 4.36. The number of hydrogen-bond donors (Lipinski definition) is 1. The lowest BCUT2D eigenvalue weighted by molar-refractivity contribution is 0.528. The fourth-order valence-corrected chi connectivity index (χ4v) is 2.53. The number of anilines is 1. The van der Waals surface area contributed by atoms with E-state index in [-0.39, 0.29) is 0 Å². The first-order valence-electron chi connectivity index (χ1n) is 6.01. The number of halogens is 1. The Labute approximate surface area is 103 Å². The maximum Gasteiger partial charge on any atom is 0.0639 e. The topological polar surface area (TPSA) is 15.3 Å². The lowest BCUT2D eigenvalue weighted by Gasteiger charge is -2.20. The van der Waals surface area contributed by atoms with E-state index in [1.807, 2.05) is 12.1 Å². The molecule has 0 aliphatic carbocycles. The van der Waals surface area contributed by atoms with E-state index in [0.29, 0.717) is 0 Å². The summed E-state index contributed by atoms with van der Waals surface area (Å²) in [6.45, 7) is 6.58. The molecule has 1 aliphatic rings. The highest BCUT2D eigenvalue weighted by atomic mass is 35.5. The van der Waals surface area contributed by atoms with E-state index < -0.39 is 0 Å². The van der Waals surface area contributed by atoms with Gasteiger partial charge >= 0.3 is 0 Å². The van der Waals surface area contributed by atoms with Gasteiger partial charge in [0.15, 0.2) is 0 Å². The summed E-state index contributed by atoms with van der Waals surface area (Å²) in [5, 5.41) is 4.28. The van der Waals surface area contributed by atoms with Crippen LogP contribution in [0.2, 0.25) is 5.02 Å². The summed E-state index contributed by atoms with van der Waals surface area (Å²) in [7, 11) is 0. The molecular weight excluding hydrogens is 220 g/mol. The number of nitrogens with zero attached hydrogens (tertiary/aromatic N) is 1. The standard InChI is InChI=1S/C13H19ClN2/c1-2-15-9-11-7-8-16(10-11)13-6-4-3-5-12(13)14/h3-6,11,15H,2,7-10H2,1H3. The van der Waals surface area contributed by atoms with Crippen LogP contribution in [0.5, 0.6) is 0 Å². The monoisotopic (exact) mass is 238 g/mol. The normalized spacial score (nSPS) is 20.4. The van der Waals surface area contributed by atoms with Crippen molar-refractivity contribution in [2.75, 3.05) is 31.1 Å². The van der Waals surface area contributed by atoms with Gasteiger partial charge in [-0.3, -0.25) is 0 Å². The number of benzene rings is 1. The average Bonchev–Trinajstić information content (AvgIpc) is 2.75. The van der Waals surface area contributed by atoms with E-state index in [1.54, 1.807) is 0 Å². The molecule has 2 nitrogen and oxygen atoms in total. The maximum absolute atomic E-state index is 6.20. The van der Waals surface area contributed by atoms with E-state index in [1.165, 1.54) is 12.1 Å². The Bertz CT molecular complexity index is 340. The van der Waals surface area contributed by atoms with Crippen LogP contribution in [-0.4, -0.2) is 26.2 Å². The summed E-state index contributed by atoms with van der Waals surface area (Å²) in [6, 6.07) is 8.11. The molecule has 1 heterocycles. The Morgan fingerprint density at radius 2 is 2.25 bits per heavy atom. The fourth-order valence-electron chi connectivity index (χ4n) is 2.27. The van der Waals surface area contributed by atoms with Gasteiger partial charge in [-0.05, 0) is 37.6 Å². The first-order valence-corrected chi connectivity index (χ1v) is 6.39. The molecular formula is C13H19ClN2. The Kier molecular flexibility index (Phi) is 4.08. The van der Waals surface area contributed by atoms with Gasteiger partial charge < -0.3 is 10.2 Å². The minimum atomic E-state index is 0.760. The summed E-state index contributed by atoms with van der Waals surface area (Å²) in [6.07, 6.45) is 1.26. The van der Waals surface area contributed by atoms with Gasteiger partial charge in [0.25, 0.3) is 0 Å². The summed E-state index contributed by atoms with van der Waals surface area (Å²) in [4.78, 5) is 2.39. The van der Waals surface area contributed by atoms with Crippen LogP contribution in [0.15, 0.2) is 24.3 Å². The van der Waals surface area contributed by atoms with Crippen molar-refractivity contribution in [3.8, 4) is 0 Å². The molecule has 0 radical (unpaired) electrons. The van der Waals surface area contributed by atoms with Crippen molar-refractivity contribution in [1.29, 1.82) is 0 Å². The Hall–Kier alpha value is -0.730. The SMILES string of the molecule is CCNCC1CCN(c2ccccc2Cl)C1. The molecule has 2 rings (SSSR count). The largest absolute Gasteiger partial charge is 0.370 e. The molecule has 3 heteroatoms. The molecule has 1 aromatic rings. The molecule has 0 amide bonds. The fraction of sp³-hybridized carbons (Fsp3) is 0.538. The van der Waals surface area contributed by atoms with Crippen molar-refractivity contribution in [3.63, 3.8) is 0 Å². The number of para-hydroxylation sites is 1. The molecule has 1 atom stereocenters. The Morgan fingerprint density at radius 3 is 3.00 bits per heavy atom. The minimum absolute atomic E-state index is 0.760. The summed E-state index contributed by atoms with van der Waals surface area (Å²) < 4.78 is 0. The van der Waals surface area contributed by atoms with Crippen LogP contribution in [0.1, 0.15) is 13.3 Å². The predicted octanol–water partition coefficient (Wildman–Crippen LogP) is 2.78. The first-order chi connectivity index (χ1) is 7.81. The summed E-state index contributed by atoms with van der Waals surface area (Å²) >= 11 is 6.20. The third-order valence-electron chi connectivity index (χ3n) is 3.16. The van der Waals surface area contributed by atoms with E-state index in [9.17, 15) is 0 Å². The molecule has 0 aromatic heterocycles. The van der Waals surface area contributed by atoms with Crippen molar-refractivity contribution < 1.29 is 0 Å². The van der Waals surface area contributed by atoms with Crippen molar-refractivity contribution in [3.05, 3.63) is 29.3 Å². The van der Waals surface area contributed by atoms with Gasteiger partial charge in [0.05, 0.1) is 10.7 Å². The van der Waals surface area contributed by atoms with Crippen LogP contribution >= 0.6 is 11.6 Å². The summed E-state index contributed by atoms with van der Waals surface area (Å²) in [5.74, 6) is 0.760. The van der Waals surface area contributed by atoms with Crippen molar-refractivity contribution in [1.82, 2.24) is 5.32 Å². The number of rotatable bonds is 4. The average molecular weight is 239 g/mol. The van der Waals surface area contributed by atoms with Gasteiger partial charge in [-0.2, -0.15) is 0 Å². The van der Waals surface area contributed by atoms with E-state index in [2.05, 4.69) is 29.3 Å². The summed E-state index contributed by atoms with van der Waals surface area (Å²) in [5.41, 5.74) is 1.18. The third kappa shape index (κ3) is 2.69. The molecule has 1 unspecified atom stereocenters. The second-order valence-corrected chi connectivity index (χ2v) is 4.77. The number of hydrogen-bond acceptors (Lipinski definition) is 2. The maximum atomic E-state index is 6.20. The molecule has 1 N–H and O–H groups in total. The first kappa shape index (κ1) is 11.7. The zero-order chi connectivity index (χ0) is 11.4. The van der Waals surface area contributed by atoms with Gasteiger partial charge in [0.2, 0.25) is 0 Å². The molecule has 0 bridgehead atoms. The van der Waals surface area contributed by atoms with Crippen molar-refractivity contribution in [2.24, 2.45) is 5.92 Å². The third-order valence-corrected chi connectivity index (χ3v) is 3.48. The van der Waals surface area contributed by atoms with Crippen LogP contribution in [0.25, 0.3) is 0 Å². The zero-order valence-corrected chi connectivity index (χ0v) is 10.5. The van der Waals surface area contributed by atoms with Gasteiger partial charge in [0.1, 0.15) is 0 Å². The van der Waals surface area contributed by atoms with Crippen LogP contribution in [0, 0.1) is 5.92 Å². The van der Waals surface area contributed by atoms with Gasteiger partial charge in [-0.25, -0.2) is 0 Å². The van der Waals surface area contributed by atoms with Crippen LogP contribution in [0.3, 0.4) is 0 Å². The van der Waals surface area contributed by atoms with E-state index in [0.717, 1.165) is 37.1 Å². The quantitative estimate of drug-likeness (QED) is 0.868. The molecule has 1 fully saturated rings. The van der Waals surface area contributed by atoms with Gasteiger partial charge in [0, 0.05) is 13.1 Å². The zero-order valence-electron chi connectivity index (χ0n) is 9.75. The van der Waals surface area contributed by atoms with Crippen LogP contribution in [-0.2, 0) is 0 Å². The Balaban J connectivity index is 1.96. The minimum Gasteiger partial charge on any atom is -0.370 e. The van der Waals surface area contributed by atoms with Gasteiger partial charge in [-0.15, -0.1) is 0 Å². The highest BCUT2D eigenvalue weighted by Crippen LogP contribution is 2.29. The lowest BCUT2D eigenvalue weighted by atomic mass is 10.1. The molecule has 1 saturated heterocycles. The second kappa shape index (κ2) is 5.55. The highest BCUT2D eigenvalue weighted by Gasteiger charge is 2.23. The molecule has 88 valence electrons. The van der Waals surface area contributed by atoms with Gasteiger partial charge in [-0.1, -0.05) is 30.7 Å². The van der Waals surface area contributed by atoms with Crippen molar-refractivity contribution in [2.45, 2.75) is 13.3 Å². The smallest absolute Gasteiger partial charge is 0.0639 e. The molecule has 1 aromatic carbocycles. The molecule has 0 saturated carbocycles. The van der Waals surface area contributed by atoms with Crippen molar-refractivity contribution >= 4 is 17.3 Å². The van der Waals surface area contributed by atoms with Crippen LogP contribution in [0.4, 0.5) is 5.69 Å².